The largest absolute Gasteiger partial charge is 0.355 e. The average molecular weight is 412 g/mol. The molecule has 0 radical (unpaired) electrons. The Morgan fingerprint density at radius 2 is 1.79 bits per heavy atom. The van der Waals surface area contributed by atoms with Gasteiger partial charge in [-0.2, -0.15) is 0 Å². The molecular formula is C26H34ClNO. The van der Waals surface area contributed by atoms with E-state index in [4.69, 9.17) is 11.6 Å². The molecule has 2 aromatic carbocycles. The fourth-order valence-corrected chi connectivity index (χ4v) is 4.75. The third-order valence-corrected chi connectivity index (χ3v) is 7.04. The van der Waals surface area contributed by atoms with Gasteiger partial charge in [0.05, 0.1) is 5.41 Å². The van der Waals surface area contributed by atoms with Crippen LogP contribution < -0.4 is 5.32 Å². The zero-order valence-electron chi connectivity index (χ0n) is 18.1. The molecule has 2 aromatic rings. The number of rotatable bonds is 7. The molecule has 3 rings (SSSR count). The highest BCUT2D eigenvalue weighted by atomic mass is 35.5. The number of amides is 1. The van der Waals surface area contributed by atoms with Crippen molar-refractivity contribution in [3.63, 3.8) is 0 Å². The number of halogens is 1. The molecule has 0 heterocycles. The van der Waals surface area contributed by atoms with Crippen LogP contribution in [-0.2, 0) is 16.6 Å². The van der Waals surface area contributed by atoms with Gasteiger partial charge in [0.1, 0.15) is 0 Å². The second-order valence-corrected chi connectivity index (χ2v) is 9.08. The van der Waals surface area contributed by atoms with Crippen LogP contribution in [0.1, 0.15) is 80.5 Å². The van der Waals surface area contributed by atoms with Crippen LogP contribution in [-0.4, -0.2) is 12.5 Å². The molecule has 3 heteroatoms. The quantitative estimate of drug-likeness (QED) is 0.538. The first-order valence-corrected chi connectivity index (χ1v) is 11.5. The summed E-state index contributed by atoms with van der Waals surface area (Å²) in [6.07, 6.45) is 7.19. The SMILES string of the molecule is CCC(C)c1ccc(CCNC(=O)C2(c3ccc(C)cc3)CCCCC2)c(Cl)c1. The van der Waals surface area contributed by atoms with Crippen molar-refractivity contribution in [3.8, 4) is 0 Å². The summed E-state index contributed by atoms with van der Waals surface area (Å²) in [5.41, 5.74) is 4.40. The van der Waals surface area contributed by atoms with Gasteiger partial charge in [0.15, 0.2) is 0 Å². The predicted molar refractivity (Wildman–Crippen MR) is 123 cm³/mol. The molecule has 0 bridgehead atoms. The Bertz CT molecular complexity index is 821. The lowest BCUT2D eigenvalue weighted by Crippen LogP contribution is -2.46. The van der Waals surface area contributed by atoms with Gasteiger partial charge in [-0.15, -0.1) is 0 Å². The molecule has 2 nitrogen and oxygen atoms in total. The fraction of sp³-hybridized carbons (Fsp3) is 0.500. The highest BCUT2D eigenvalue weighted by Crippen LogP contribution is 2.40. The number of nitrogens with one attached hydrogen (secondary N) is 1. The molecule has 1 amide bonds. The van der Waals surface area contributed by atoms with E-state index in [-0.39, 0.29) is 11.3 Å². The zero-order valence-corrected chi connectivity index (χ0v) is 18.8. The summed E-state index contributed by atoms with van der Waals surface area (Å²) in [6.45, 7) is 7.12. The lowest BCUT2D eigenvalue weighted by molar-refractivity contribution is -0.128. The van der Waals surface area contributed by atoms with E-state index in [0.29, 0.717) is 12.5 Å². The second-order valence-electron chi connectivity index (χ2n) is 8.67. The first-order chi connectivity index (χ1) is 14.0. The molecular weight excluding hydrogens is 378 g/mol. The molecule has 156 valence electrons. The van der Waals surface area contributed by atoms with E-state index < -0.39 is 0 Å². The fourth-order valence-electron chi connectivity index (χ4n) is 4.46. The van der Waals surface area contributed by atoms with Crippen LogP contribution in [0.15, 0.2) is 42.5 Å². The van der Waals surface area contributed by atoms with Crippen molar-refractivity contribution in [1.29, 1.82) is 0 Å². The van der Waals surface area contributed by atoms with Crippen LogP contribution in [0.2, 0.25) is 5.02 Å². The van der Waals surface area contributed by atoms with E-state index in [0.717, 1.165) is 54.7 Å². The van der Waals surface area contributed by atoms with Crippen molar-refractivity contribution in [2.24, 2.45) is 0 Å². The van der Waals surface area contributed by atoms with E-state index in [2.05, 4.69) is 68.6 Å². The number of carbonyl (C=O) groups excluding carboxylic acids is 1. The molecule has 0 aliphatic heterocycles. The lowest BCUT2D eigenvalue weighted by Gasteiger charge is -2.36. The molecule has 1 atom stereocenters. The molecule has 0 aromatic heterocycles. The Kier molecular flexibility index (Phi) is 7.40. The van der Waals surface area contributed by atoms with E-state index in [1.807, 2.05) is 0 Å². The Hall–Kier alpha value is -1.80. The monoisotopic (exact) mass is 411 g/mol. The minimum Gasteiger partial charge on any atom is -0.355 e. The van der Waals surface area contributed by atoms with Crippen LogP contribution in [0.5, 0.6) is 0 Å². The molecule has 0 saturated heterocycles. The summed E-state index contributed by atoms with van der Waals surface area (Å²) >= 11 is 6.52. The van der Waals surface area contributed by atoms with E-state index in [1.54, 1.807) is 0 Å². The number of aryl methyl sites for hydroxylation is 1. The smallest absolute Gasteiger partial charge is 0.230 e. The maximum atomic E-state index is 13.3. The van der Waals surface area contributed by atoms with Gasteiger partial charge in [-0.3, -0.25) is 4.79 Å². The number of hydrogen-bond donors (Lipinski definition) is 1. The molecule has 29 heavy (non-hydrogen) atoms. The van der Waals surface area contributed by atoms with Crippen molar-refractivity contribution in [1.82, 2.24) is 5.32 Å². The minimum atomic E-state index is -0.379. The standard InChI is InChI=1S/C26H34ClNO/c1-4-20(3)22-11-10-21(24(27)18-22)14-17-28-25(29)26(15-6-5-7-16-26)23-12-8-19(2)9-13-23/h8-13,18,20H,4-7,14-17H2,1-3H3,(H,28,29). The summed E-state index contributed by atoms with van der Waals surface area (Å²) in [5.74, 6) is 0.690. The normalized spacial score (nSPS) is 17.0. The summed E-state index contributed by atoms with van der Waals surface area (Å²) in [7, 11) is 0. The number of carbonyl (C=O) groups is 1. The first kappa shape index (κ1) is 21.9. The highest BCUT2D eigenvalue weighted by Gasteiger charge is 2.40. The number of benzene rings is 2. The van der Waals surface area contributed by atoms with E-state index in [9.17, 15) is 4.79 Å². The van der Waals surface area contributed by atoms with Crippen molar-refractivity contribution in [2.45, 2.75) is 77.0 Å². The van der Waals surface area contributed by atoms with Gasteiger partial charge in [-0.05, 0) is 61.3 Å². The summed E-state index contributed by atoms with van der Waals surface area (Å²) < 4.78 is 0. The van der Waals surface area contributed by atoms with Gasteiger partial charge in [0.25, 0.3) is 0 Å². The Labute approximate surface area is 181 Å². The third-order valence-electron chi connectivity index (χ3n) is 6.68. The van der Waals surface area contributed by atoms with Gasteiger partial charge in [0.2, 0.25) is 5.91 Å². The van der Waals surface area contributed by atoms with Gasteiger partial charge in [0, 0.05) is 11.6 Å². The van der Waals surface area contributed by atoms with Crippen LogP contribution in [0.25, 0.3) is 0 Å². The van der Waals surface area contributed by atoms with Crippen molar-refractivity contribution in [3.05, 3.63) is 69.7 Å². The van der Waals surface area contributed by atoms with Crippen LogP contribution in [0.4, 0.5) is 0 Å². The maximum absolute atomic E-state index is 13.3. The van der Waals surface area contributed by atoms with Gasteiger partial charge in [-0.25, -0.2) is 0 Å². The van der Waals surface area contributed by atoms with Crippen LogP contribution in [0.3, 0.4) is 0 Å². The second kappa shape index (κ2) is 9.80. The van der Waals surface area contributed by atoms with Gasteiger partial charge < -0.3 is 5.32 Å². The predicted octanol–water partition coefficient (Wildman–Crippen LogP) is 6.72. The van der Waals surface area contributed by atoms with E-state index in [1.165, 1.54) is 17.5 Å². The topological polar surface area (TPSA) is 29.1 Å². The average Bonchev–Trinajstić information content (AvgIpc) is 2.75. The van der Waals surface area contributed by atoms with Gasteiger partial charge in [-0.1, -0.05) is 86.7 Å². The third kappa shape index (κ3) is 5.04. The molecule has 1 aliphatic carbocycles. The summed E-state index contributed by atoms with van der Waals surface area (Å²) in [4.78, 5) is 13.3. The zero-order chi connectivity index (χ0) is 20.9. The molecule has 1 N–H and O–H groups in total. The van der Waals surface area contributed by atoms with Crippen molar-refractivity contribution in [2.75, 3.05) is 6.54 Å². The summed E-state index contributed by atoms with van der Waals surface area (Å²) in [5, 5.41) is 4.04. The lowest BCUT2D eigenvalue weighted by atomic mass is 9.68. The highest BCUT2D eigenvalue weighted by molar-refractivity contribution is 6.31. The Morgan fingerprint density at radius 1 is 1.10 bits per heavy atom. The minimum absolute atomic E-state index is 0.174. The molecule has 1 fully saturated rings. The Balaban J connectivity index is 1.67. The molecule has 1 unspecified atom stereocenters. The molecule has 1 saturated carbocycles. The maximum Gasteiger partial charge on any atom is 0.230 e. The Morgan fingerprint density at radius 3 is 2.41 bits per heavy atom. The summed E-state index contributed by atoms with van der Waals surface area (Å²) in [6, 6.07) is 14.9. The van der Waals surface area contributed by atoms with E-state index >= 15 is 0 Å². The number of hydrogen-bond acceptors (Lipinski definition) is 1. The van der Waals surface area contributed by atoms with Crippen molar-refractivity contribution >= 4 is 17.5 Å². The first-order valence-electron chi connectivity index (χ1n) is 11.1. The van der Waals surface area contributed by atoms with Crippen LogP contribution >= 0.6 is 11.6 Å². The molecule has 0 spiro atoms. The van der Waals surface area contributed by atoms with Crippen LogP contribution in [0, 0.1) is 6.92 Å². The molecule has 1 aliphatic rings. The van der Waals surface area contributed by atoms with Crippen molar-refractivity contribution < 1.29 is 4.79 Å². The van der Waals surface area contributed by atoms with Gasteiger partial charge >= 0.3 is 0 Å².